The fourth-order valence-corrected chi connectivity index (χ4v) is 3.06. The number of nitriles is 1. The van der Waals surface area contributed by atoms with E-state index >= 15 is 0 Å². The standard InChI is InChI=1S/C27H24N2/c1-21(13-16-24-9-5-4-8-22(24)2)12-14-23(20-28)15-18-26-19-17-25-10-6-7-11-27(25)29(26)3/h4-19H,1H2,2-3H3/b14-12+,16-13-,23-15-,26-18+. The van der Waals surface area contributed by atoms with E-state index in [2.05, 4.69) is 60.9 Å². The SMILES string of the molecule is C=C(/C=C\c1ccccc1C)/C=C/C(C#N)=C/C=C1\C=Cc2ccccc2N1C. The molecule has 0 N–H and O–H groups in total. The van der Waals surface area contributed by atoms with Gasteiger partial charge >= 0.3 is 0 Å². The number of fused-ring (bicyclic) bond motifs is 1. The molecule has 0 bridgehead atoms. The lowest BCUT2D eigenvalue weighted by Gasteiger charge is -2.26. The zero-order valence-electron chi connectivity index (χ0n) is 16.8. The van der Waals surface area contributed by atoms with Gasteiger partial charge < -0.3 is 4.90 Å². The van der Waals surface area contributed by atoms with Crippen LogP contribution in [-0.4, -0.2) is 7.05 Å². The Morgan fingerprint density at radius 2 is 1.76 bits per heavy atom. The second-order valence-corrected chi connectivity index (χ2v) is 6.87. The number of hydrogen-bond donors (Lipinski definition) is 0. The van der Waals surface area contributed by atoms with Crippen LogP contribution in [0.3, 0.4) is 0 Å². The summed E-state index contributed by atoms with van der Waals surface area (Å²) in [5.41, 5.74) is 7.16. The molecule has 0 saturated carbocycles. The molecule has 0 unspecified atom stereocenters. The summed E-state index contributed by atoms with van der Waals surface area (Å²) in [6, 6.07) is 18.7. The van der Waals surface area contributed by atoms with Gasteiger partial charge in [0.15, 0.2) is 0 Å². The third kappa shape index (κ3) is 5.12. The summed E-state index contributed by atoms with van der Waals surface area (Å²) in [6.45, 7) is 6.13. The highest BCUT2D eigenvalue weighted by molar-refractivity contribution is 5.76. The quantitative estimate of drug-likeness (QED) is 0.433. The molecule has 2 nitrogen and oxygen atoms in total. The summed E-state index contributed by atoms with van der Waals surface area (Å²) in [7, 11) is 2.03. The van der Waals surface area contributed by atoms with Crippen molar-refractivity contribution in [2.75, 3.05) is 11.9 Å². The molecule has 2 aromatic rings. The van der Waals surface area contributed by atoms with Crippen molar-refractivity contribution in [2.45, 2.75) is 6.92 Å². The Hall–Kier alpha value is -3.83. The Morgan fingerprint density at radius 1 is 1.00 bits per heavy atom. The third-order valence-corrected chi connectivity index (χ3v) is 4.82. The predicted octanol–water partition coefficient (Wildman–Crippen LogP) is 6.62. The Morgan fingerprint density at radius 3 is 2.55 bits per heavy atom. The highest BCUT2D eigenvalue weighted by atomic mass is 15.1. The third-order valence-electron chi connectivity index (χ3n) is 4.82. The maximum absolute atomic E-state index is 9.46. The van der Waals surface area contributed by atoms with Gasteiger partial charge in [-0.2, -0.15) is 5.26 Å². The molecule has 142 valence electrons. The van der Waals surface area contributed by atoms with Gasteiger partial charge in [-0.05, 0) is 59.6 Å². The predicted molar refractivity (Wildman–Crippen MR) is 124 cm³/mol. The van der Waals surface area contributed by atoms with Crippen LogP contribution in [0, 0.1) is 18.3 Å². The van der Waals surface area contributed by atoms with Crippen molar-refractivity contribution in [3.8, 4) is 6.07 Å². The average molecular weight is 377 g/mol. The number of allylic oxidation sites excluding steroid dienone is 8. The topological polar surface area (TPSA) is 27.0 Å². The first kappa shape index (κ1) is 19.9. The number of hydrogen-bond acceptors (Lipinski definition) is 2. The zero-order valence-corrected chi connectivity index (χ0v) is 16.8. The molecule has 0 fully saturated rings. The monoisotopic (exact) mass is 376 g/mol. The normalized spacial score (nSPS) is 15.1. The van der Waals surface area contributed by atoms with Crippen LogP contribution in [0.1, 0.15) is 16.7 Å². The fourth-order valence-electron chi connectivity index (χ4n) is 3.06. The van der Waals surface area contributed by atoms with Gasteiger partial charge in [-0.25, -0.2) is 0 Å². The van der Waals surface area contributed by atoms with Crippen molar-refractivity contribution < 1.29 is 0 Å². The van der Waals surface area contributed by atoms with Gasteiger partial charge in [0.05, 0.1) is 11.6 Å². The Bertz CT molecular complexity index is 1100. The van der Waals surface area contributed by atoms with Crippen molar-refractivity contribution in [1.82, 2.24) is 0 Å². The lowest BCUT2D eigenvalue weighted by molar-refractivity contribution is 1.12. The molecule has 1 aliphatic heterocycles. The molecule has 0 radical (unpaired) electrons. The van der Waals surface area contributed by atoms with E-state index in [-0.39, 0.29) is 0 Å². The number of aryl methyl sites for hydroxylation is 1. The molecule has 2 aromatic carbocycles. The smallest absolute Gasteiger partial charge is 0.0991 e. The van der Waals surface area contributed by atoms with Crippen LogP contribution in [0.25, 0.3) is 12.2 Å². The number of likely N-dealkylation sites (N-methyl/N-ethyl adjacent to an activating group) is 1. The lowest BCUT2D eigenvalue weighted by Crippen LogP contribution is -2.18. The zero-order chi connectivity index (χ0) is 20.6. The summed E-state index contributed by atoms with van der Waals surface area (Å²) in [6.07, 6.45) is 15.6. The van der Waals surface area contributed by atoms with Gasteiger partial charge in [-0.1, -0.05) is 73.3 Å². The largest absolute Gasteiger partial charge is 0.344 e. The van der Waals surface area contributed by atoms with Crippen molar-refractivity contribution in [3.05, 3.63) is 125 Å². The van der Waals surface area contributed by atoms with Crippen molar-refractivity contribution in [1.29, 1.82) is 5.26 Å². The summed E-state index contributed by atoms with van der Waals surface area (Å²) >= 11 is 0. The van der Waals surface area contributed by atoms with E-state index in [0.717, 1.165) is 22.5 Å². The van der Waals surface area contributed by atoms with Gasteiger partial charge in [0, 0.05) is 18.4 Å². The molecule has 1 aliphatic rings. The van der Waals surface area contributed by atoms with Gasteiger partial charge in [0.2, 0.25) is 0 Å². The van der Waals surface area contributed by atoms with E-state index < -0.39 is 0 Å². The van der Waals surface area contributed by atoms with E-state index in [1.807, 2.05) is 61.7 Å². The van der Waals surface area contributed by atoms with Crippen LogP contribution >= 0.6 is 0 Å². The first-order valence-corrected chi connectivity index (χ1v) is 9.52. The maximum Gasteiger partial charge on any atom is 0.0991 e. The maximum atomic E-state index is 9.46. The van der Waals surface area contributed by atoms with E-state index in [0.29, 0.717) is 5.57 Å². The molecule has 0 saturated heterocycles. The van der Waals surface area contributed by atoms with E-state index in [4.69, 9.17) is 0 Å². The second kappa shape index (κ2) is 9.39. The van der Waals surface area contributed by atoms with E-state index in [1.165, 1.54) is 11.1 Å². The van der Waals surface area contributed by atoms with Crippen molar-refractivity contribution in [2.24, 2.45) is 0 Å². The molecule has 0 amide bonds. The Balaban J connectivity index is 1.71. The van der Waals surface area contributed by atoms with Gasteiger partial charge in [-0.15, -0.1) is 0 Å². The second-order valence-electron chi connectivity index (χ2n) is 6.87. The molecule has 1 heterocycles. The van der Waals surface area contributed by atoms with Gasteiger partial charge in [0.25, 0.3) is 0 Å². The number of nitrogens with zero attached hydrogens (tertiary/aromatic N) is 2. The van der Waals surface area contributed by atoms with Crippen molar-refractivity contribution in [3.63, 3.8) is 0 Å². The summed E-state index contributed by atoms with van der Waals surface area (Å²) in [5.74, 6) is 0. The summed E-state index contributed by atoms with van der Waals surface area (Å²) < 4.78 is 0. The fraction of sp³-hybridized carbons (Fsp3) is 0.0741. The minimum atomic E-state index is 0.573. The number of benzene rings is 2. The molecule has 0 aromatic heterocycles. The minimum Gasteiger partial charge on any atom is -0.344 e. The lowest BCUT2D eigenvalue weighted by atomic mass is 10.1. The number of para-hydroxylation sites is 1. The summed E-state index contributed by atoms with van der Waals surface area (Å²) in [4.78, 5) is 2.12. The van der Waals surface area contributed by atoms with Crippen LogP contribution < -0.4 is 4.90 Å². The first-order chi connectivity index (χ1) is 14.1. The van der Waals surface area contributed by atoms with Crippen LogP contribution in [0.4, 0.5) is 5.69 Å². The van der Waals surface area contributed by atoms with Crippen LogP contribution in [0.5, 0.6) is 0 Å². The van der Waals surface area contributed by atoms with Crippen molar-refractivity contribution >= 4 is 17.8 Å². The van der Waals surface area contributed by atoms with Crippen LogP contribution in [0.2, 0.25) is 0 Å². The Labute approximate surface area is 173 Å². The highest BCUT2D eigenvalue weighted by Gasteiger charge is 2.11. The molecule has 0 atom stereocenters. The molecular weight excluding hydrogens is 352 g/mol. The minimum absolute atomic E-state index is 0.573. The van der Waals surface area contributed by atoms with E-state index in [1.54, 1.807) is 6.08 Å². The molecule has 0 spiro atoms. The molecule has 3 rings (SSSR count). The van der Waals surface area contributed by atoms with Crippen LogP contribution in [0.15, 0.2) is 108 Å². The molecule has 29 heavy (non-hydrogen) atoms. The molecular formula is C27H24N2. The Kier molecular flexibility index (Phi) is 6.45. The average Bonchev–Trinajstić information content (AvgIpc) is 2.74. The highest BCUT2D eigenvalue weighted by Crippen LogP contribution is 2.29. The molecule has 2 heteroatoms. The molecule has 0 aliphatic carbocycles. The summed E-state index contributed by atoms with van der Waals surface area (Å²) in [5, 5.41) is 9.46. The number of anilines is 1. The first-order valence-electron chi connectivity index (χ1n) is 9.52. The number of rotatable bonds is 5. The van der Waals surface area contributed by atoms with E-state index in [9.17, 15) is 5.26 Å². The van der Waals surface area contributed by atoms with Crippen LogP contribution in [-0.2, 0) is 0 Å². The van der Waals surface area contributed by atoms with Gasteiger partial charge in [-0.3, -0.25) is 0 Å². The van der Waals surface area contributed by atoms with Gasteiger partial charge in [0.1, 0.15) is 0 Å².